The molecule has 3 heteroatoms. The number of ether oxygens (including phenoxy) is 2. The quantitative estimate of drug-likeness (QED) is 0.823. The second kappa shape index (κ2) is 7.53. The second-order valence-electron chi connectivity index (χ2n) is 5.63. The molecule has 1 fully saturated rings. The zero-order valence-corrected chi connectivity index (χ0v) is 12.9. The van der Waals surface area contributed by atoms with Crippen LogP contribution >= 0.6 is 0 Å². The van der Waals surface area contributed by atoms with Gasteiger partial charge >= 0.3 is 0 Å². The highest BCUT2D eigenvalue weighted by atomic mass is 16.5. The molecule has 0 spiro atoms. The predicted molar refractivity (Wildman–Crippen MR) is 82.4 cm³/mol. The van der Waals surface area contributed by atoms with Gasteiger partial charge in [-0.15, -0.1) is 0 Å². The van der Waals surface area contributed by atoms with E-state index in [0.29, 0.717) is 12.6 Å². The second-order valence-corrected chi connectivity index (χ2v) is 5.63. The molecule has 0 aromatic heterocycles. The lowest BCUT2D eigenvalue weighted by atomic mass is 9.99. The lowest BCUT2D eigenvalue weighted by Crippen LogP contribution is -2.31. The van der Waals surface area contributed by atoms with Gasteiger partial charge in [0.15, 0.2) is 11.5 Å². The molecule has 112 valence electrons. The summed E-state index contributed by atoms with van der Waals surface area (Å²) in [7, 11) is 1.69. The number of rotatable bonds is 7. The van der Waals surface area contributed by atoms with Gasteiger partial charge in [0, 0.05) is 12.6 Å². The molecule has 1 atom stereocenters. The van der Waals surface area contributed by atoms with Gasteiger partial charge in [-0.05, 0) is 50.3 Å². The lowest BCUT2D eigenvalue weighted by Gasteiger charge is -2.20. The van der Waals surface area contributed by atoms with E-state index in [2.05, 4.69) is 24.4 Å². The minimum absolute atomic E-state index is 0.593. The minimum Gasteiger partial charge on any atom is -0.493 e. The van der Waals surface area contributed by atoms with Crippen LogP contribution in [-0.2, 0) is 6.54 Å². The van der Waals surface area contributed by atoms with Crippen LogP contribution in [0.25, 0.3) is 0 Å². The topological polar surface area (TPSA) is 30.5 Å². The van der Waals surface area contributed by atoms with Crippen LogP contribution in [0, 0.1) is 5.92 Å². The highest BCUT2D eigenvalue weighted by Crippen LogP contribution is 2.29. The van der Waals surface area contributed by atoms with Crippen LogP contribution in [-0.4, -0.2) is 19.8 Å². The van der Waals surface area contributed by atoms with E-state index in [-0.39, 0.29) is 0 Å². The van der Waals surface area contributed by atoms with Crippen LogP contribution in [0.4, 0.5) is 0 Å². The summed E-state index contributed by atoms with van der Waals surface area (Å²) in [6.07, 6.45) is 5.54. The molecule has 0 unspecified atom stereocenters. The fraction of sp³-hybridized carbons (Fsp3) is 0.647. The Morgan fingerprint density at radius 3 is 2.65 bits per heavy atom. The molecule has 0 aliphatic heterocycles. The van der Waals surface area contributed by atoms with Gasteiger partial charge in [-0.3, -0.25) is 0 Å². The lowest BCUT2D eigenvalue weighted by molar-refractivity contribution is 0.310. The molecular weight excluding hydrogens is 250 g/mol. The van der Waals surface area contributed by atoms with Crippen molar-refractivity contribution in [2.75, 3.05) is 13.7 Å². The maximum absolute atomic E-state index is 5.54. The summed E-state index contributed by atoms with van der Waals surface area (Å²) in [5, 5.41) is 3.65. The molecule has 20 heavy (non-hydrogen) atoms. The highest BCUT2D eigenvalue weighted by Gasteiger charge is 2.20. The number of hydrogen-bond donors (Lipinski definition) is 1. The van der Waals surface area contributed by atoms with Crippen LogP contribution in [0.15, 0.2) is 18.2 Å². The molecule has 1 saturated carbocycles. The van der Waals surface area contributed by atoms with E-state index < -0.39 is 0 Å². The maximum Gasteiger partial charge on any atom is 0.161 e. The number of hydrogen-bond acceptors (Lipinski definition) is 3. The molecule has 0 radical (unpaired) electrons. The van der Waals surface area contributed by atoms with Crippen LogP contribution in [0.5, 0.6) is 11.5 Å². The van der Waals surface area contributed by atoms with Crippen LogP contribution in [0.2, 0.25) is 0 Å². The minimum atomic E-state index is 0.593. The largest absolute Gasteiger partial charge is 0.493 e. The first-order chi connectivity index (χ1) is 9.74. The Balaban J connectivity index is 1.91. The van der Waals surface area contributed by atoms with Crippen molar-refractivity contribution < 1.29 is 9.47 Å². The van der Waals surface area contributed by atoms with Gasteiger partial charge in [0.2, 0.25) is 0 Å². The van der Waals surface area contributed by atoms with Gasteiger partial charge in [-0.25, -0.2) is 0 Å². The number of nitrogens with one attached hydrogen (secondary N) is 1. The summed E-state index contributed by atoms with van der Waals surface area (Å²) < 4.78 is 10.9. The summed E-state index contributed by atoms with van der Waals surface area (Å²) >= 11 is 0. The van der Waals surface area contributed by atoms with Crippen molar-refractivity contribution in [2.24, 2.45) is 5.92 Å². The fourth-order valence-electron chi connectivity index (χ4n) is 3.00. The van der Waals surface area contributed by atoms with Gasteiger partial charge in [-0.2, -0.15) is 0 Å². The normalized spacial score (nSPS) is 17.1. The summed E-state index contributed by atoms with van der Waals surface area (Å²) in [6, 6.07) is 6.77. The van der Waals surface area contributed by atoms with E-state index in [1.165, 1.54) is 31.2 Å². The summed E-state index contributed by atoms with van der Waals surface area (Å²) in [5.74, 6) is 2.49. The smallest absolute Gasteiger partial charge is 0.161 e. The number of methoxy groups -OCH3 is 1. The monoisotopic (exact) mass is 277 g/mol. The Kier molecular flexibility index (Phi) is 5.72. The molecule has 0 amide bonds. The Morgan fingerprint density at radius 1 is 1.25 bits per heavy atom. The maximum atomic E-state index is 5.54. The zero-order valence-electron chi connectivity index (χ0n) is 12.9. The van der Waals surface area contributed by atoms with Gasteiger partial charge in [-0.1, -0.05) is 18.9 Å². The van der Waals surface area contributed by atoms with E-state index in [0.717, 1.165) is 24.0 Å². The molecular formula is C17H27NO2. The van der Waals surface area contributed by atoms with Gasteiger partial charge in [0.1, 0.15) is 0 Å². The first-order valence-corrected chi connectivity index (χ1v) is 7.77. The third-order valence-electron chi connectivity index (χ3n) is 4.26. The van der Waals surface area contributed by atoms with E-state index in [1.807, 2.05) is 13.0 Å². The van der Waals surface area contributed by atoms with Crippen molar-refractivity contribution in [2.45, 2.75) is 52.1 Å². The Hall–Kier alpha value is -1.22. The van der Waals surface area contributed by atoms with Crippen LogP contribution in [0.3, 0.4) is 0 Å². The van der Waals surface area contributed by atoms with E-state index in [9.17, 15) is 0 Å². The van der Waals surface area contributed by atoms with Crippen molar-refractivity contribution in [3.05, 3.63) is 23.8 Å². The van der Waals surface area contributed by atoms with E-state index in [4.69, 9.17) is 9.47 Å². The molecule has 1 aliphatic carbocycles. The average molecular weight is 277 g/mol. The molecule has 1 N–H and O–H groups in total. The average Bonchev–Trinajstić information content (AvgIpc) is 3.00. The van der Waals surface area contributed by atoms with Crippen molar-refractivity contribution in [3.63, 3.8) is 0 Å². The van der Waals surface area contributed by atoms with E-state index in [1.54, 1.807) is 7.11 Å². The molecule has 0 bridgehead atoms. The zero-order chi connectivity index (χ0) is 14.4. The van der Waals surface area contributed by atoms with Gasteiger partial charge in [0.25, 0.3) is 0 Å². The molecule has 0 heterocycles. The molecule has 1 aliphatic rings. The summed E-state index contributed by atoms with van der Waals surface area (Å²) in [5.41, 5.74) is 1.25. The van der Waals surface area contributed by atoms with Crippen molar-refractivity contribution >= 4 is 0 Å². The predicted octanol–water partition coefficient (Wildman–Crippen LogP) is 3.76. The summed E-state index contributed by atoms with van der Waals surface area (Å²) in [6.45, 7) is 5.84. The van der Waals surface area contributed by atoms with E-state index >= 15 is 0 Å². The van der Waals surface area contributed by atoms with Crippen LogP contribution < -0.4 is 14.8 Å². The van der Waals surface area contributed by atoms with Crippen LogP contribution in [0.1, 0.15) is 45.1 Å². The molecule has 1 aromatic rings. The molecule has 1 aromatic carbocycles. The first-order valence-electron chi connectivity index (χ1n) is 7.77. The Labute approximate surface area is 122 Å². The van der Waals surface area contributed by atoms with Gasteiger partial charge < -0.3 is 14.8 Å². The SMILES string of the molecule is CCOc1ccc(CN[C@@H](C)C2CCCC2)cc1OC. The fourth-order valence-corrected chi connectivity index (χ4v) is 3.00. The van der Waals surface area contributed by atoms with Gasteiger partial charge in [0.05, 0.1) is 13.7 Å². The standard InChI is InChI=1S/C17H27NO2/c1-4-20-16-10-9-14(11-17(16)19-3)12-18-13(2)15-7-5-6-8-15/h9-11,13,15,18H,4-8,12H2,1-3H3/t13-/m0/s1. The van der Waals surface area contributed by atoms with Crippen molar-refractivity contribution in [1.29, 1.82) is 0 Å². The summed E-state index contributed by atoms with van der Waals surface area (Å²) in [4.78, 5) is 0. The molecule has 3 nitrogen and oxygen atoms in total. The third-order valence-corrected chi connectivity index (χ3v) is 4.26. The Bertz CT molecular complexity index is 413. The highest BCUT2D eigenvalue weighted by molar-refractivity contribution is 5.42. The molecule has 2 rings (SSSR count). The van der Waals surface area contributed by atoms with Crippen molar-refractivity contribution in [3.8, 4) is 11.5 Å². The third kappa shape index (κ3) is 3.89. The van der Waals surface area contributed by atoms with Crippen molar-refractivity contribution in [1.82, 2.24) is 5.32 Å². The molecule has 0 saturated heterocycles. The number of benzene rings is 1. The Morgan fingerprint density at radius 2 is 2.00 bits per heavy atom. The first kappa shape index (κ1) is 15.2.